The van der Waals surface area contributed by atoms with Crippen molar-refractivity contribution in [3.8, 4) is 0 Å². The second kappa shape index (κ2) is 8.52. The maximum Gasteiger partial charge on any atom is 0.328 e. The van der Waals surface area contributed by atoms with Gasteiger partial charge in [-0.3, -0.25) is 9.59 Å². The molecule has 0 aliphatic heterocycles. The summed E-state index contributed by atoms with van der Waals surface area (Å²) in [5, 5.41) is 13.2. The first-order valence-electron chi connectivity index (χ1n) is 7.99. The average Bonchev–Trinajstić information content (AvgIpc) is 3.15. The number of carbonyl (C=O) groups is 2. The van der Waals surface area contributed by atoms with Crippen LogP contribution in [0.2, 0.25) is 0 Å². The number of rotatable bonds is 7. The number of nitrogens with zero attached hydrogens (tertiary/aromatic N) is 4. The number of para-hydroxylation sites is 1. The minimum absolute atomic E-state index is 0.148. The molecule has 3 rings (SSSR count). The van der Waals surface area contributed by atoms with Crippen molar-refractivity contribution in [3.63, 3.8) is 0 Å². The summed E-state index contributed by atoms with van der Waals surface area (Å²) in [6.07, 6.45) is 1.98. The molecule has 26 heavy (non-hydrogen) atoms. The molecule has 0 saturated carbocycles. The maximum absolute atomic E-state index is 12.1. The van der Waals surface area contributed by atoms with Crippen LogP contribution < -0.4 is 5.32 Å². The molecule has 1 amide bonds. The molecule has 0 fully saturated rings. The van der Waals surface area contributed by atoms with Crippen molar-refractivity contribution in [1.29, 1.82) is 0 Å². The minimum atomic E-state index is -0.593. The largest absolute Gasteiger partial charge is 0.454 e. The summed E-state index contributed by atoms with van der Waals surface area (Å²) in [4.78, 5) is 23.7. The van der Waals surface area contributed by atoms with Crippen LogP contribution in [-0.4, -0.2) is 38.7 Å². The lowest BCUT2D eigenvalue weighted by molar-refractivity contribution is -0.148. The average molecular weight is 351 g/mol. The van der Waals surface area contributed by atoms with Gasteiger partial charge in [-0.15, -0.1) is 5.10 Å². The highest BCUT2D eigenvalue weighted by molar-refractivity contribution is 5.93. The molecular weight excluding hydrogens is 334 g/mol. The van der Waals surface area contributed by atoms with E-state index in [1.54, 1.807) is 0 Å². The number of hydrogen-bond acceptors (Lipinski definition) is 6. The molecule has 0 radical (unpaired) electrons. The van der Waals surface area contributed by atoms with E-state index in [1.165, 1.54) is 11.0 Å². The Morgan fingerprint density at radius 3 is 2.58 bits per heavy atom. The number of tetrazole rings is 1. The predicted octanol–water partition coefficient (Wildman–Crippen LogP) is 1.45. The van der Waals surface area contributed by atoms with Gasteiger partial charge in [0, 0.05) is 5.69 Å². The Morgan fingerprint density at radius 2 is 1.81 bits per heavy atom. The lowest BCUT2D eigenvalue weighted by atomic mass is 10.0. The number of amides is 1. The standard InChI is InChI=1S/C18H17N5O3/c24-17(12-26-18(25)11-23-13-19-21-22-23)20-16-9-5-4-8-15(16)10-14-6-2-1-3-7-14/h1-9,13H,10-12H2,(H,20,24). The molecule has 0 unspecified atom stereocenters. The van der Waals surface area contributed by atoms with E-state index in [0.29, 0.717) is 12.1 Å². The minimum Gasteiger partial charge on any atom is -0.454 e. The fourth-order valence-corrected chi connectivity index (χ4v) is 2.38. The van der Waals surface area contributed by atoms with Gasteiger partial charge in [0.15, 0.2) is 6.61 Å². The normalized spacial score (nSPS) is 10.3. The Labute approximate surface area is 149 Å². The number of ether oxygens (including phenoxy) is 1. The summed E-state index contributed by atoms with van der Waals surface area (Å²) in [5.41, 5.74) is 2.81. The highest BCUT2D eigenvalue weighted by atomic mass is 16.5. The van der Waals surface area contributed by atoms with Gasteiger partial charge < -0.3 is 10.1 Å². The second-order valence-corrected chi connectivity index (χ2v) is 5.54. The molecule has 0 bridgehead atoms. The van der Waals surface area contributed by atoms with E-state index in [0.717, 1.165) is 11.1 Å². The number of anilines is 1. The molecule has 1 N–H and O–H groups in total. The number of esters is 1. The quantitative estimate of drug-likeness (QED) is 0.647. The zero-order valence-electron chi connectivity index (χ0n) is 13.9. The van der Waals surface area contributed by atoms with Crippen LogP contribution in [0.15, 0.2) is 60.9 Å². The van der Waals surface area contributed by atoms with Gasteiger partial charge in [0.25, 0.3) is 5.91 Å². The summed E-state index contributed by atoms with van der Waals surface area (Å²) in [7, 11) is 0. The lowest BCUT2D eigenvalue weighted by Crippen LogP contribution is -2.23. The van der Waals surface area contributed by atoms with Gasteiger partial charge in [0.1, 0.15) is 12.9 Å². The van der Waals surface area contributed by atoms with Gasteiger partial charge in [-0.2, -0.15) is 0 Å². The lowest BCUT2D eigenvalue weighted by Gasteiger charge is -2.11. The molecular formula is C18H17N5O3. The van der Waals surface area contributed by atoms with Crippen molar-refractivity contribution < 1.29 is 14.3 Å². The maximum atomic E-state index is 12.1. The van der Waals surface area contributed by atoms with Crippen molar-refractivity contribution in [2.45, 2.75) is 13.0 Å². The summed E-state index contributed by atoms with van der Waals surface area (Å²) in [6.45, 7) is -0.522. The van der Waals surface area contributed by atoms with E-state index in [1.807, 2.05) is 54.6 Å². The molecule has 0 aliphatic rings. The van der Waals surface area contributed by atoms with E-state index in [9.17, 15) is 9.59 Å². The molecule has 0 saturated heterocycles. The van der Waals surface area contributed by atoms with E-state index in [2.05, 4.69) is 20.8 Å². The Hall–Kier alpha value is -3.55. The van der Waals surface area contributed by atoms with Crippen LogP contribution in [-0.2, 0) is 27.3 Å². The molecule has 8 nitrogen and oxygen atoms in total. The summed E-state index contributed by atoms with van der Waals surface area (Å²) in [6, 6.07) is 17.5. The number of hydrogen-bond donors (Lipinski definition) is 1. The highest BCUT2D eigenvalue weighted by Crippen LogP contribution is 2.19. The van der Waals surface area contributed by atoms with E-state index in [4.69, 9.17) is 4.74 Å². The van der Waals surface area contributed by atoms with Crippen LogP contribution in [0.5, 0.6) is 0 Å². The molecule has 0 atom stereocenters. The third-order valence-corrected chi connectivity index (χ3v) is 3.58. The second-order valence-electron chi connectivity index (χ2n) is 5.54. The molecule has 1 aromatic heterocycles. The molecule has 8 heteroatoms. The van der Waals surface area contributed by atoms with Crippen molar-refractivity contribution in [2.75, 3.05) is 11.9 Å². The van der Waals surface area contributed by atoms with Crippen molar-refractivity contribution in [2.24, 2.45) is 0 Å². The molecule has 3 aromatic rings. The SMILES string of the molecule is O=C(COC(=O)Cn1cnnn1)Nc1ccccc1Cc1ccccc1. The van der Waals surface area contributed by atoms with Crippen LogP contribution in [0.1, 0.15) is 11.1 Å². The topological polar surface area (TPSA) is 99.0 Å². The van der Waals surface area contributed by atoms with E-state index >= 15 is 0 Å². The van der Waals surface area contributed by atoms with Crippen LogP contribution >= 0.6 is 0 Å². The van der Waals surface area contributed by atoms with Crippen molar-refractivity contribution in [3.05, 3.63) is 72.1 Å². The van der Waals surface area contributed by atoms with Gasteiger partial charge in [-0.1, -0.05) is 48.5 Å². The monoisotopic (exact) mass is 351 g/mol. The van der Waals surface area contributed by atoms with Gasteiger partial charge in [-0.25, -0.2) is 4.68 Å². The number of aromatic nitrogens is 4. The van der Waals surface area contributed by atoms with Gasteiger partial charge in [0.2, 0.25) is 0 Å². The van der Waals surface area contributed by atoms with E-state index in [-0.39, 0.29) is 13.2 Å². The third-order valence-electron chi connectivity index (χ3n) is 3.58. The summed E-state index contributed by atoms with van der Waals surface area (Å²) in [5.74, 6) is -0.999. The van der Waals surface area contributed by atoms with E-state index < -0.39 is 11.9 Å². The molecule has 2 aromatic carbocycles. The first-order valence-corrected chi connectivity index (χ1v) is 7.99. The fraction of sp³-hybridized carbons (Fsp3) is 0.167. The first-order chi connectivity index (χ1) is 12.7. The predicted molar refractivity (Wildman–Crippen MR) is 93.1 cm³/mol. The Balaban J connectivity index is 1.55. The fourth-order valence-electron chi connectivity index (χ4n) is 2.38. The van der Waals surface area contributed by atoms with Crippen LogP contribution in [0.3, 0.4) is 0 Å². The Morgan fingerprint density at radius 1 is 1.04 bits per heavy atom. The number of nitrogens with one attached hydrogen (secondary N) is 1. The molecule has 132 valence electrons. The van der Waals surface area contributed by atoms with Crippen molar-refractivity contribution in [1.82, 2.24) is 20.2 Å². The Bertz CT molecular complexity index is 866. The Kier molecular flexibility index (Phi) is 5.66. The van der Waals surface area contributed by atoms with Gasteiger partial charge in [-0.05, 0) is 34.0 Å². The zero-order valence-corrected chi connectivity index (χ0v) is 13.9. The molecule has 0 aliphatic carbocycles. The van der Waals surface area contributed by atoms with Crippen molar-refractivity contribution >= 4 is 17.6 Å². The van der Waals surface area contributed by atoms with Crippen LogP contribution in [0, 0.1) is 0 Å². The summed E-state index contributed by atoms with van der Waals surface area (Å²) < 4.78 is 6.16. The highest BCUT2D eigenvalue weighted by Gasteiger charge is 2.11. The molecule has 0 spiro atoms. The van der Waals surface area contributed by atoms with Crippen LogP contribution in [0.4, 0.5) is 5.69 Å². The molecule has 1 heterocycles. The van der Waals surface area contributed by atoms with Gasteiger partial charge in [0.05, 0.1) is 0 Å². The smallest absolute Gasteiger partial charge is 0.328 e. The number of carbonyl (C=O) groups excluding carboxylic acids is 2. The third kappa shape index (κ3) is 4.97. The van der Waals surface area contributed by atoms with Gasteiger partial charge >= 0.3 is 5.97 Å². The van der Waals surface area contributed by atoms with Crippen LogP contribution in [0.25, 0.3) is 0 Å². The zero-order chi connectivity index (χ0) is 18.2. The summed E-state index contributed by atoms with van der Waals surface area (Å²) >= 11 is 0. The first kappa shape index (κ1) is 17.3. The number of benzene rings is 2.